The molecule has 14 heteroatoms. The number of rotatable bonds is 12. The number of ether oxygens (including phenoxy) is 4. The summed E-state index contributed by atoms with van der Waals surface area (Å²) in [6.07, 6.45) is 3.53. The second-order valence-corrected chi connectivity index (χ2v) is 12.3. The van der Waals surface area contributed by atoms with Gasteiger partial charge in [-0.3, -0.25) is 0 Å². The largest absolute Gasteiger partial charge is 0.419 e. The Bertz CT molecular complexity index is 1710. The molecule has 0 atom stereocenters. The van der Waals surface area contributed by atoms with Gasteiger partial charge in [0.25, 0.3) is 11.6 Å². The lowest BCUT2D eigenvalue weighted by molar-refractivity contribution is -0.291. The van der Waals surface area contributed by atoms with E-state index in [0.717, 1.165) is 11.4 Å². The number of hydrogen-bond donors (Lipinski definition) is 0. The third-order valence-electron chi connectivity index (χ3n) is 8.88. The lowest BCUT2D eigenvalue weighted by Gasteiger charge is -2.46. The maximum absolute atomic E-state index is 13.1. The predicted molar refractivity (Wildman–Crippen MR) is 182 cm³/mol. The number of nitrogens with zero attached hydrogens (tertiary/aromatic N) is 6. The Kier molecular flexibility index (Phi) is 11.5. The van der Waals surface area contributed by atoms with Crippen LogP contribution in [0.15, 0.2) is 59.7 Å². The molecule has 1 aliphatic carbocycles. The van der Waals surface area contributed by atoms with Crippen LogP contribution in [0.5, 0.6) is 0 Å². The number of hydrogen-bond acceptors (Lipinski definition) is 14. The van der Waals surface area contributed by atoms with Gasteiger partial charge < -0.3 is 28.7 Å². The minimum absolute atomic E-state index is 0.0805. The highest BCUT2D eigenvalue weighted by atomic mass is 16.8. The fourth-order valence-electron chi connectivity index (χ4n) is 6.14. The van der Waals surface area contributed by atoms with Crippen LogP contribution in [0.4, 0.5) is 11.4 Å². The van der Waals surface area contributed by atoms with Crippen molar-refractivity contribution in [3.8, 4) is 24.3 Å². The molecule has 0 aromatic heterocycles. The molecule has 1 saturated carbocycles. The Morgan fingerprint density at radius 1 is 0.500 bits per heavy atom. The van der Waals surface area contributed by atoms with E-state index in [-0.39, 0.29) is 62.5 Å². The summed E-state index contributed by atoms with van der Waals surface area (Å²) < 4.78 is 22.5. The zero-order valence-electron chi connectivity index (χ0n) is 28.2. The van der Waals surface area contributed by atoms with E-state index in [1.54, 1.807) is 48.5 Å². The molecule has 0 bridgehead atoms. The summed E-state index contributed by atoms with van der Waals surface area (Å²) in [5, 5.41) is 35.8. The van der Waals surface area contributed by atoms with E-state index >= 15 is 0 Å². The zero-order chi connectivity index (χ0) is 37.1. The van der Waals surface area contributed by atoms with Crippen molar-refractivity contribution in [2.75, 3.05) is 36.0 Å². The Morgan fingerprint density at radius 2 is 0.769 bits per heavy atom. The first-order chi connectivity index (χ1) is 25.1. The quantitative estimate of drug-likeness (QED) is 0.168. The molecule has 2 saturated heterocycles. The summed E-state index contributed by atoms with van der Waals surface area (Å²) in [5.41, 5.74) is 2.00. The van der Waals surface area contributed by atoms with Gasteiger partial charge in [-0.05, 0) is 47.5 Å². The number of benzene rings is 2. The van der Waals surface area contributed by atoms with Crippen LogP contribution in [0.25, 0.3) is 12.2 Å². The van der Waals surface area contributed by atoms with Gasteiger partial charge in [0.05, 0.1) is 50.0 Å². The van der Waals surface area contributed by atoms with E-state index in [2.05, 4.69) is 24.3 Å². The first kappa shape index (κ1) is 36.6. The van der Waals surface area contributed by atoms with E-state index in [4.69, 9.17) is 40.0 Å². The smallest absolute Gasteiger partial charge is 0.348 e. The molecule has 0 unspecified atom stereocenters. The molecule has 0 radical (unpaired) electrons. The van der Waals surface area contributed by atoms with E-state index in [1.807, 2.05) is 9.80 Å². The Hall–Kier alpha value is -6.64. The third-order valence-corrected chi connectivity index (χ3v) is 8.88. The molecule has 2 aliphatic heterocycles. The Labute approximate surface area is 300 Å². The zero-order valence-corrected chi connectivity index (χ0v) is 28.2. The van der Waals surface area contributed by atoms with Crippen molar-refractivity contribution in [3.05, 3.63) is 70.8 Å². The van der Waals surface area contributed by atoms with Gasteiger partial charge in [-0.15, -0.1) is 0 Å². The summed E-state index contributed by atoms with van der Waals surface area (Å²) in [5.74, 6) is -6.76. The number of anilines is 2. The Balaban J connectivity index is 1.20. The minimum atomic E-state index is -1.62. The van der Waals surface area contributed by atoms with E-state index in [9.17, 15) is 19.2 Å². The summed E-state index contributed by atoms with van der Waals surface area (Å²) in [7, 11) is 0. The van der Waals surface area contributed by atoms with Crippen LogP contribution in [0.1, 0.15) is 62.5 Å². The highest BCUT2D eigenvalue weighted by molar-refractivity contribution is 6.19. The van der Waals surface area contributed by atoms with Crippen molar-refractivity contribution in [3.63, 3.8) is 0 Å². The van der Waals surface area contributed by atoms with E-state index in [0.29, 0.717) is 37.3 Å². The molecule has 0 amide bonds. The van der Waals surface area contributed by atoms with Crippen molar-refractivity contribution in [1.82, 2.24) is 0 Å². The molecular formula is C38H34N6O8. The van der Waals surface area contributed by atoms with Gasteiger partial charge in [0.15, 0.2) is 0 Å². The van der Waals surface area contributed by atoms with Gasteiger partial charge in [0.1, 0.15) is 11.1 Å². The number of carbonyl (C=O) groups excluding carboxylic acids is 4. The predicted octanol–water partition coefficient (Wildman–Crippen LogP) is 4.59. The SMILES string of the molecule is N#CCCN(CCC#N)c1ccc(C=C2C(=O)OC3(CCC4(CC3)OC(=O)C(=Cc3ccc(N(CCC#N)CCC#N)cc3)C(=O)O4)OC2=O)cc1. The van der Waals surface area contributed by atoms with Crippen molar-refractivity contribution in [1.29, 1.82) is 21.0 Å². The summed E-state index contributed by atoms with van der Waals surface area (Å²) in [6.45, 7) is 1.79. The van der Waals surface area contributed by atoms with Crippen LogP contribution >= 0.6 is 0 Å². The molecule has 3 aliphatic rings. The third kappa shape index (κ3) is 8.56. The van der Waals surface area contributed by atoms with Gasteiger partial charge in [0, 0.05) is 63.2 Å². The van der Waals surface area contributed by atoms with Gasteiger partial charge in [0.2, 0.25) is 0 Å². The van der Waals surface area contributed by atoms with Gasteiger partial charge in [-0.2, -0.15) is 21.0 Å². The minimum Gasteiger partial charge on any atom is -0.419 e. The van der Waals surface area contributed by atoms with Gasteiger partial charge >= 0.3 is 23.9 Å². The van der Waals surface area contributed by atoms with Crippen molar-refractivity contribution in [2.45, 2.75) is 62.9 Å². The summed E-state index contributed by atoms with van der Waals surface area (Å²) in [4.78, 5) is 56.1. The molecule has 3 fully saturated rings. The lowest BCUT2D eigenvalue weighted by Crippen LogP contribution is -2.56. The standard InChI is InChI=1S/C38H34N6O8/c39-17-1-21-43(22-2-18-40)29-9-5-27(6-10-29)25-31-33(45)49-37(50-34(31)46)13-15-38(16-14-37)51-35(47)32(36(48)52-38)26-28-7-11-30(12-8-28)44(23-3-19-41)24-4-20-42/h5-12,25-26H,1-4,13-16,21-24H2. The first-order valence-corrected chi connectivity index (χ1v) is 16.7. The average molecular weight is 703 g/mol. The topological polar surface area (TPSA) is 207 Å². The molecule has 14 nitrogen and oxygen atoms in total. The van der Waals surface area contributed by atoms with Crippen molar-refractivity contribution < 1.29 is 38.1 Å². The molecule has 2 heterocycles. The average Bonchev–Trinajstić information content (AvgIpc) is 3.14. The molecule has 2 aromatic carbocycles. The van der Waals surface area contributed by atoms with E-state index in [1.165, 1.54) is 12.2 Å². The van der Waals surface area contributed by atoms with Crippen LogP contribution in [0.2, 0.25) is 0 Å². The van der Waals surface area contributed by atoms with Crippen LogP contribution in [-0.4, -0.2) is 61.6 Å². The monoisotopic (exact) mass is 702 g/mol. The second-order valence-electron chi connectivity index (χ2n) is 12.3. The van der Waals surface area contributed by atoms with Gasteiger partial charge in [-0.1, -0.05) is 24.3 Å². The fraction of sp³-hybridized carbons (Fsp3) is 0.368. The highest BCUT2D eigenvalue weighted by Crippen LogP contribution is 2.45. The highest BCUT2D eigenvalue weighted by Gasteiger charge is 2.56. The molecular weight excluding hydrogens is 668 g/mol. The van der Waals surface area contributed by atoms with Crippen LogP contribution in [0, 0.1) is 45.3 Å². The molecule has 5 rings (SSSR count). The number of carbonyl (C=O) groups is 4. The van der Waals surface area contributed by atoms with Crippen molar-refractivity contribution in [2.24, 2.45) is 0 Å². The molecule has 2 spiro atoms. The van der Waals surface area contributed by atoms with Crippen LogP contribution in [0.3, 0.4) is 0 Å². The normalized spacial score (nSPS) is 20.6. The summed E-state index contributed by atoms with van der Waals surface area (Å²) >= 11 is 0. The molecule has 0 N–H and O–H groups in total. The van der Waals surface area contributed by atoms with Crippen molar-refractivity contribution >= 4 is 47.4 Å². The number of esters is 4. The van der Waals surface area contributed by atoms with E-state index < -0.39 is 35.5 Å². The van der Waals surface area contributed by atoms with Crippen LogP contribution in [-0.2, 0) is 38.1 Å². The summed E-state index contributed by atoms with van der Waals surface area (Å²) in [6, 6.07) is 22.2. The Morgan fingerprint density at radius 3 is 1.02 bits per heavy atom. The molecule has 2 aromatic rings. The lowest BCUT2D eigenvalue weighted by atomic mass is 9.87. The van der Waals surface area contributed by atoms with Crippen LogP contribution < -0.4 is 9.80 Å². The maximum Gasteiger partial charge on any atom is 0.348 e. The maximum atomic E-state index is 13.1. The fourth-order valence-corrected chi connectivity index (χ4v) is 6.14. The number of nitriles is 4. The van der Waals surface area contributed by atoms with Gasteiger partial charge in [-0.25, -0.2) is 19.2 Å². The molecule has 264 valence electrons. The second kappa shape index (κ2) is 16.4. The first-order valence-electron chi connectivity index (χ1n) is 16.7. The molecule has 52 heavy (non-hydrogen) atoms.